The molecule has 2 heterocycles. The van der Waals surface area contributed by atoms with Crippen molar-refractivity contribution in [1.29, 1.82) is 5.26 Å². The summed E-state index contributed by atoms with van der Waals surface area (Å²) in [5, 5.41) is 19.5. The Balaban J connectivity index is 1.27. The molecule has 0 spiro atoms. The minimum atomic E-state index is -0.108. The van der Waals surface area contributed by atoms with Gasteiger partial charge in [0.15, 0.2) is 5.69 Å². The summed E-state index contributed by atoms with van der Waals surface area (Å²) in [6, 6.07) is 42.1. The number of fused-ring (bicyclic) bond motifs is 8. The fraction of sp³-hybridized carbons (Fsp3) is 0.167. The van der Waals surface area contributed by atoms with E-state index >= 15 is 0 Å². The number of nitriles is 1. The molecule has 0 saturated heterocycles. The molecule has 0 aliphatic rings. The first-order valence-electron chi connectivity index (χ1n) is 17.7. The highest BCUT2D eigenvalue weighted by atomic mass is 32.1. The average molecular weight is 705 g/mol. The van der Waals surface area contributed by atoms with Crippen molar-refractivity contribution in [2.24, 2.45) is 0 Å². The molecule has 0 bridgehead atoms. The molecular weight excluding hydrogens is 669 g/mol. The molecule has 2 nitrogen and oxygen atoms in total. The minimum Gasteiger partial charge on any atom is -0.238 e. The van der Waals surface area contributed by atoms with Crippen molar-refractivity contribution in [3.63, 3.8) is 0 Å². The number of thiophene rings is 2. The van der Waals surface area contributed by atoms with Gasteiger partial charge in [-0.15, -0.1) is 22.7 Å². The van der Waals surface area contributed by atoms with Gasteiger partial charge in [-0.05, 0) is 137 Å². The molecule has 4 heteroatoms. The highest BCUT2D eigenvalue weighted by molar-refractivity contribution is 7.26. The van der Waals surface area contributed by atoms with Gasteiger partial charge in [-0.2, -0.15) is 5.26 Å². The van der Waals surface area contributed by atoms with Crippen molar-refractivity contribution in [3.05, 3.63) is 137 Å². The van der Waals surface area contributed by atoms with Crippen LogP contribution in [0, 0.1) is 17.9 Å². The summed E-state index contributed by atoms with van der Waals surface area (Å²) in [5.41, 5.74) is 8.66. The zero-order valence-electron chi connectivity index (χ0n) is 30.1. The van der Waals surface area contributed by atoms with E-state index < -0.39 is 0 Å². The van der Waals surface area contributed by atoms with Crippen molar-refractivity contribution in [2.75, 3.05) is 0 Å². The Morgan fingerprint density at radius 2 is 0.846 bits per heavy atom. The minimum absolute atomic E-state index is 0.107. The van der Waals surface area contributed by atoms with Crippen LogP contribution in [0.5, 0.6) is 0 Å². The summed E-state index contributed by atoms with van der Waals surface area (Å²) < 4.78 is 4.90. The number of rotatable bonds is 2. The predicted molar refractivity (Wildman–Crippen MR) is 226 cm³/mol. The SMILES string of the molecule is [C-]#[N+]c1ccc2sc3ccc(-c4ccc5c(C(C)(C)C)c6cc(-c7ccc8sc9ccc(C#N)cc9c8c7)ccc6c(C(C)(C)C)c5c4)cc3c2c1. The van der Waals surface area contributed by atoms with Crippen LogP contribution in [0.25, 0.3) is 89.0 Å². The normalized spacial score (nSPS) is 12.4. The van der Waals surface area contributed by atoms with Gasteiger partial charge in [-0.25, -0.2) is 4.85 Å². The topological polar surface area (TPSA) is 28.1 Å². The van der Waals surface area contributed by atoms with Crippen molar-refractivity contribution in [1.82, 2.24) is 0 Å². The Kier molecular flexibility index (Phi) is 7.16. The van der Waals surface area contributed by atoms with Gasteiger partial charge in [-0.3, -0.25) is 0 Å². The van der Waals surface area contributed by atoms with E-state index in [1.54, 1.807) is 22.7 Å². The van der Waals surface area contributed by atoms with Crippen molar-refractivity contribution in [3.8, 4) is 28.3 Å². The maximum Gasteiger partial charge on any atom is 0.187 e. The molecule has 0 aliphatic carbocycles. The van der Waals surface area contributed by atoms with Crippen LogP contribution in [0.15, 0.2) is 109 Å². The summed E-state index contributed by atoms with van der Waals surface area (Å²) >= 11 is 3.57. The summed E-state index contributed by atoms with van der Waals surface area (Å²) in [4.78, 5) is 3.70. The molecular formula is C48H36N2S2. The molecule has 250 valence electrons. The monoisotopic (exact) mass is 704 g/mol. The van der Waals surface area contributed by atoms with Gasteiger partial charge in [0.2, 0.25) is 0 Å². The Labute approximate surface area is 312 Å². The van der Waals surface area contributed by atoms with E-state index in [4.69, 9.17) is 6.57 Å². The van der Waals surface area contributed by atoms with Gasteiger partial charge in [0.25, 0.3) is 0 Å². The molecule has 0 aliphatic heterocycles. The lowest BCUT2D eigenvalue weighted by atomic mass is 9.73. The second-order valence-corrected chi connectivity index (χ2v) is 18.2. The van der Waals surface area contributed by atoms with Crippen LogP contribution < -0.4 is 0 Å². The van der Waals surface area contributed by atoms with E-state index in [9.17, 15) is 5.26 Å². The lowest BCUT2D eigenvalue weighted by molar-refractivity contribution is 0.593. The van der Waals surface area contributed by atoms with Gasteiger partial charge >= 0.3 is 0 Å². The third-order valence-corrected chi connectivity index (χ3v) is 12.8. The summed E-state index contributed by atoms with van der Waals surface area (Å²) in [7, 11) is 0. The van der Waals surface area contributed by atoms with Gasteiger partial charge in [0.1, 0.15) is 0 Å². The van der Waals surface area contributed by atoms with Crippen LogP contribution >= 0.6 is 22.7 Å². The summed E-state index contributed by atoms with van der Waals surface area (Å²) in [5.74, 6) is 0. The van der Waals surface area contributed by atoms with Crippen LogP contribution in [0.3, 0.4) is 0 Å². The zero-order valence-corrected chi connectivity index (χ0v) is 31.7. The van der Waals surface area contributed by atoms with Crippen molar-refractivity contribution in [2.45, 2.75) is 52.4 Å². The van der Waals surface area contributed by atoms with Gasteiger partial charge in [0.05, 0.1) is 18.2 Å². The molecule has 9 rings (SSSR count). The molecule has 0 saturated carbocycles. The number of hydrogen-bond acceptors (Lipinski definition) is 3. The van der Waals surface area contributed by atoms with Crippen molar-refractivity contribution >= 4 is 90.3 Å². The molecule has 9 aromatic rings. The molecule has 0 N–H and O–H groups in total. The predicted octanol–water partition coefficient (Wildman–Crippen LogP) is 15.1. The van der Waals surface area contributed by atoms with Gasteiger partial charge < -0.3 is 0 Å². The maximum atomic E-state index is 9.59. The zero-order chi connectivity index (χ0) is 36.1. The molecule has 0 radical (unpaired) electrons. The van der Waals surface area contributed by atoms with E-state index in [1.807, 2.05) is 24.3 Å². The lowest BCUT2D eigenvalue weighted by Gasteiger charge is -2.31. The van der Waals surface area contributed by atoms with Gasteiger partial charge in [-0.1, -0.05) is 90.1 Å². The van der Waals surface area contributed by atoms with Crippen LogP contribution in [0.4, 0.5) is 5.69 Å². The van der Waals surface area contributed by atoms with Gasteiger partial charge in [0, 0.05) is 29.6 Å². The maximum absolute atomic E-state index is 9.59. The number of nitrogens with zero attached hydrogens (tertiary/aromatic N) is 2. The second kappa shape index (κ2) is 11.5. The highest BCUT2D eigenvalue weighted by Gasteiger charge is 2.28. The van der Waals surface area contributed by atoms with Crippen LogP contribution in [-0.2, 0) is 10.8 Å². The van der Waals surface area contributed by atoms with Crippen LogP contribution in [0.2, 0.25) is 0 Å². The number of benzene rings is 7. The summed E-state index contributed by atoms with van der Waals surface area (Å²) in [6.07, 6.45) is 0. The van der Waals surface area contributed by atoms with Crippen molar-refractivity contribution < 1.29 is 0 Å². The highest BCUT2D eigenvalue weighted by Crippen LogP contribution is 2.47. The van der Waals surface area contributed by atoms with E-state index in [0.29, 0.717) is 11.3 Å². The Morgan fingerprint density at radius 3 is 1.29 bits per heavy atom. The molecule has 7 aromatic carbocycles. The third-order valence-electron chi connectivity index (χ3n) is 10.5. The summed E-state index contributed by atoms with van der Waals surface area (Å²) in [6.45, 7) is 21.6. The number of hydrogen-bond donors (Lipinski definition) is 0. The lowest BCUT2D eigenvalue weighted by Crippen LogP contribution is -2.17. The molecule has 0 amide bonds. The van der Waals surface area contributed by atoms with E-state index in [2.05, 4.69) is 137 Å². The van der Waals surface area contributed by atoms with E-state index in [0.717, 1.165) is 10.8 Å². The average Bonchev–Trinajstić information content (AvgIpc) is 3.68. The molecule has 0 atom stereocenters. The largest absolute Gasteiger partial charge is 0.238 e. The molecule has 52 heavy (non-hydrogen) atoms. The first kappa shape index (κ1) is 32.4. The van der Waals surface area contributed by atoms with Crippen LogP contribution in [-0.4, -0.2) is 0 Å². The first-order chi connectivity index (χ1) is 24.9. The fourth-order valence-corrected chi connectivity index (χ4v) is 10.4. The molecule has 2 aromatic heterocycles. The Bertz CT molecular complexity index is 2850. The molecule has 0 unspecified atom stereocenters. The third kappa shape index (κ3) is 5.09. The fourth-order valence-electron chi connectivity index (χ4n) is 8.24. The van der Waals surface area contributed by atoms with E-state index in [1.165, 1.54) is 84.5 Å². The van der Waals surface area contributed by atoms with Crippen LogP contribution in [0.1, 0.15) is 58.2 Å². The molecule has 0 fully saturated rings. The Hall–Kier alpha value is -5.52. The second-order valence-electron chi connectivity index (χ2n) is 16.0. The Morgan fingerprint density at radius 1 is 0.462 bits per heavy atom. The standard InChI is InChI=1S/C48H36N2S2/c1-47(2,3)45-34-15-10-29(31-12-18-43-37(22-31)38-25-32(50-7)13-19-44(38)52-43)24-40(34)46(48(4,5)6)33-14-9-28(23-39(33)45)30-11-17-42-36(21-30)35-20-27(26-49)8-16-41(35)51-42/h8-25H,1-6H3. The van der Waals surface area contributed by atoms with E-state index in [-0.39, 0.29) is 10.8 Å². The quantitative estimate of drug-likeness (QED) is 0.130. The first-order valence-corrected chi connectivity index (χ1v) is 19.3. The smallest absolute Gasteiger partial charge is 0.187 e.